The summed E-state index contributed by atoms with van der Waals surface area (Å²) in [5, 5.41) is 9.97. The van der Waals surface area contributed by atoms with Gasteiger partial charge in [0.2, 0.25) is 0 Å². The van der Waals surface area contributed by atoms with Crippen molar-refractivity contribution in [1.29, 1.82) is 0 Å². The first kappa shape index (κ1) is 17.3. The maximum Gasteiger partial charge on any atom is 0.272 e. The van der Waals surface area contributed by atoms with E-state index in [1.165, 1.54) is 12.8 Å². The van der Waals surface area contributed by atoms with Crippen molar-refractivity contribution >= 4 is 5.91 Å². The van der Waals surface area contributed by atoms with Gasteiger partial charge in [-0.05, 0) is 58.7 Å². The topological polar surface area (TPSA) is 69.6 Å². The Morgan fingerprint density at radius 2 is 1.83 bits per heavy atom. The van der Waals surface area contributed by atoms with Crippen LogP contribution in [0.1, 0.15) is 47.7 Å². The zero-order valence-electron chi connectivity index (χ0n) is 14.8. The lowest BCUT2D eigenvalue weighted by atomic mass is 9.78. The molecule has 1 amide bonds. The third kappa shape index (κ3) is 3.75. The van der Waals surface area contributed by atoms with E-state index in [-0.39, 0.29) is 17.9 Å². The Morgan fingerprint density at radius 3 is 2.42 bits per heavy atom. The minimum absolute atomic E-state index is 0.0173. The summed E-state index contributed by atoms with van der Waals surface area (Å²) in [5.74, 6) is 0.616. The number of aliphatic hydroxyl groups excluding tert-OH is 1. The van der Waals surface area contributed by atoms with Gasteiger partial charge in [0, 0.05) is 30.7 Å². The molecule has 3 heterocycles. The Labute approximate surface area is 143 Å². The van der Waals surface area contributed by atoms with Crippen LogP contribution in [0.15, 0.2) is 6.07 Å². The van der Waals surface area contributed by atoms with Crippen LogP contribution in [0.3, 0.4) is 0 Å². The zero-order valence-corrected chi connectivity index (χ0v) is 14.8. The summed E-state index contributed by atoms with van der Waals surface area (Å²) in [6.07, 6.45) is 4.24. The third-order valence-corrected chi connectivity index (χ3v) is 5.39. The van der Waals surface area contributed by atoms with Crippen molar-refractivity contribution < 1.29 is 9.90 Å². The molecular formula is C18H28N4O2. The molecule has 0 aromatic carbocycles. The number of hydrogen-bond donors (Lipinski definition) is 1. The minimum Gasteiger partial charge on any atom is -0.396 e. The van der Waals surface area contributed by atoms with E-state index in [2.05, 4.69) is 14.9 Å². The number of likely N-dealkylation sites (tertiary alicyclic amines) is 2. The molecule has 1 aromatic rings. The molecule has 1 aromatic heterocycles. The van der Waals surface area contributed by atoms with Crippen molar-refractivity contribution in [2.45, 2.75) is 39.5 Å². The Bertz CT molecular complexity index is 570. The second-order valence-electron chi connectivity index (χ2n) is 7.38. The van der Waals surface area contributed by atoms with E-state index in [0.717, 1.165) is 38.2 Å². The van der Waals surface area contributed by atoms with E-state index in [4.69, 9.17) is 0 Å². The quantitative estimate of drug-likeness (QED) is 0.903. The fourth-order valence-electron chi connectivity index (χ4n) is 3.95. The van der Waals surface area contributed by atoms with E-state index < -0.39 is 0 Å². The molecule has 2 fully saturated rings. The van der Waals surface area contributed by atoms with Gasteiger partial charge in [-0.25, -0.2) is 9.97 Å². The Hall–Kier alpha value is -1.53. The zero-order chi connectivity index (χ0) is 17.2. The summed E-state index contributed by atoms with van der Waals surface area (Å²) in [5.41, 5.74) is 1.25. The molecule has 0 atom stereocenters. The predicted molar refractivity (Wildman–Crippen MR) is 91.8 cm³/mol. The lowest BCUT2D eigenvalue weighted by Gasteiger charge is -2.42. The molecule has 0 spiro atoms. The van der Waals surface area contributed by atoms with Crippen LogP contribution in [0.5, 0.6) is 0 Å². The van der Waals surface area contributed by atoms with Crippen LogP contribution in [0.4, 0.5) is 0 Å². The normalized spacial score (nSPS) is 21.2. The fraction of sp³-hybridized carbons (Fsp3) is 0.722. The van der Waals surface area contributed by atoms with E-state index in [1.54, 1.807) is 6.07 Å². The van der Waals surface area contributed by atoms with Gasteiger partial charge in [-0.1, -0.05) is 0 Å². The summed E-state index contributed by atoms with van der Waals surface area (Å²) in [4.78, 5) is 25.6. The molecule has 0 unspecified atom stereocenters. The predicted octanol–water partition coefficient (Wildman–Crippen LogP) is 1.40. The lowest BCUT2D eigenvalue weighted by molar-refractivity contribution is 0.0176. The van der Waals surface area contributed by atoms with Gasteiger partial charge in [0.05, 0.1) is 6.61 Å². The van der Waals surface area contributed by atoms with Gasteiger partial charge in [-0.2, -0.15) is 0 Å². The van der Waals surface area contributed by atoms with Gasteiger partial charge in [-0.15, -0.1) is 0 Å². The van der Waals surface area contributed by atoms with Gasteiger partial charge < -0.3 is 14.9 Å². The summed E-state index contributed by atoms with van der Waals surface area (Å²) < 4.78 is 0. The van der Waals surface area contributed by atoms with Crippen molar-refractivity contribution in [3.63, 3.8) is 0 Å². The molecule has 6 heteroatoms. The Morgan fingerprint density at radius 1 is 1.17 bits per heavy atom. The molecule has 0 radical (unpaired) electrons. The van der Waals surface area contributed by atoms with Crippen LogP contribution in [0, 0.1) is 19.3 Å². The van der Waals surface area contributed by atoms with Crippen LogP contribution in [-0.2, 0) is 0 Å². The smallest absolute Gasteiger partial charge is 0.272 e. The molecule has 2 saturated heterocycles. The first-order valence-electron chi connectivity index (χ1n) is 8.96. The number of rotatable bonds is 4. The number of carbonyl (C=O) groups excluding carboxylic acids is 1. The van der Waals surface area contributed by atoms with Crippen LogP contribution in [0.25, 0.3) is 0 Å². The van der Waals surface area contributed by atoms with E-state index in [9.17, 15) is 9.90 Å². The van der Waals surface area contributed by atoms with Crippen molar-refractivity contribution in [3.8, 4) is 0 Å². The van der Waals surface area contributed by atoms with Crippen molar-refractivity contribution in [3.05, 3.63) is 23.3 Å². The number of hydrogen-bond acceptors (Lipinski definition) is 5. The average molecular weight is 332 g/mol. The molecule has 2 aliphatic heterocycles. The van der Waals surface area contributed by atoms with Crippen LogP contribution in [-0.4, -0.2) is 70.1 Å². The molecule has 0 bridgehead atoms. The molecule has 0 saturated carbocycles. The summed E-state index contributed by atoms with van der Waals surface area (Å²) in [6.45, 7) is 8.52. The monoisotopic (exact) mass is 332 g/mol. The molecule has 0 aliphatic carbocycles. The van der Waals surface area contributed by atoms with Gasteiger partial charge in [0.15, 0.2) is 0 Å². The number of nitrogens with zero attached hydrogens (tertiary/aromatic N) is 4. The molecule has 6 nitrogen and oxygen atoms in total. The van der Waals surface area contributed by atoms with E-state index in [0.29, 0.717) is 24.6 Å². The second kappa shape index (κ2) is 7.15. The maximum atomic E-state index is 12.7. The first-order valence-corrected chi connectivity index (χ1v) is 8.96. The number of aliphatic hydroxyl groups is 1. The van der Waals surface area contributed by atoms with Gasteiger partial charge in [0.1, 0.15) is 11.5 Å². The summed E-state index contributed by atoms with van der Waals surface area (Å²) in [7, 11) is 0. The summed E-state index contributed by atoms with van der Waals surface area (Å²) in [6, 6.07) is 1.76. The van der Waals surface area contributed by atoms with Crippen LogP contribution < -0.4 is 0 Å². The number of carbonyl (C=O) groups is 1. The molecule has 1 N–H and O–H groups in total. The largest absolute Gasteiger partial charge is 0.396 e. The highest BCUT2D eigenvalue weighted by atomic mass is 16.3. The maximum absolute atomic E-state index is 12.7. The van der Waals surface area contributed by atoms with Gasteiger partial charge in [-0.3, -0.25) is 4.79 Å². The highest BCUT2D eigenvalue weighted by molar-refractivity contribution is 5.92. The van der Waals surface area contributed by atoms with Crippen molar-refractivity contribution in [1.82, 2.24) is 19.8 Å². The van der Waals surface area contributed by atoms with Crippen LogP contribution in [0.2, 0.25) is 0 Å². The average Bonchev–Trinajstić information content (AvgIpc) is 3.07. The standard InChI is InChI=1S/C18H28N4O2/c1-14-11-16(20-15(2)19-14)17(24)22-9-5-18(13-23,6-10-22)12-21-7-3-4-8-21/h11,23H,3-10,12-13H2,1-2H3. The Balaban J connectivity index is 1.63. The number of aryl methyl sites for hydroxylation is 2. The molecule has 3 rings (SSSR count). The number of aromatic nitrogens is 2. The molecular weight excluding hydrogens is 304 g/mol. The van der Waals surface area contributed by atoms with Crippen molar-refractivity contribution in [2.75, 3.05) is 39.3 Å². The third-order valence-electron chi connectivity index (χ3n) is 5.39. The van der Waals surface area contributed by atoms with Crippen molar-refractivity contribution in [2.24, 2.45) is 5.41 Å². The van der Waals surface area contributed by atoms with Gasteiger partial charge in [0.25, 0.3) is 5.91 Å². The fourth-order valence-corrected chi connectivity index (χ4v) is 3.95. The Kier molecular flexibility index (Phi) is 5.15. The van der Waals surface area contributed by atoms with Crippen LogP contribution >= 0.6 is 0 Å². The number of amides is 1. The van der Waals surface area contributed by atoms with E-state index >= 15 is 0 Å². The van der Waals surface area contributed by atoms with Gasteiger partial charge >= 0.3 is 0 Å². The first-order chi connectivity index (χ1) is 11.5. The molecule has 2 aliphatic rings. The SMILES string of the molecule is Cc1cc(C(=O)N2CCC(CO)(CN3CCCC3)CC2)nc(C)n1. The lowest BCUT2D eigenvalue weighted by Crippen LogP contribution is -2.49. The highest BCUT2D eigenvalue weighted by Gasteiger charge is 2.37. The highest BCUT2D eigenvalue weighted by Crippen LogP contribution is 2.33. The number of piperidine rings is 1. The molecule has 24 heavy (non-hydrogen) atoms. The minimum atomic E-state index is -0.0569. The summed E-state index contributed by atoms with van der Waals surface area (Å²) >= 11 is 0. The second-order valence-corrected chi connectivity index (χ2v) is 7.38. The van der Waals surface area contributed by atoms with E-state index in [1.807, 2.05) is 18.7 Å². The molecule has 132 valence electrons.